The van der Waals surface area contributed by atoms with Crippen molar-refractivity contribution >= 4 is 68.1 Å². The van der Waals surface area contributed by atoms with Crippen LogP contribution in [0.3, 0.4) is 0 Å². The zero-order chi connectivity index (χ0) is 20.7. The van der Waals surface area contributed by atoms with E-state index < -0.39 is 5.91 Å². The van der Waals surface area contributed by atoms with Crippen LogP contribution < -0.4 is 20.7 Å². The Labute approximate surface area is 182 Å². The Morgan fingerprint density at radius 2 is 1.93 bits per heavy atom. The summed E-state index contributed by atoms with van der Waals surface area (Å²) in [5.41, 5.74) is 1.36. The van der Waals surface area contributed by atoms with Gasteiger partial charge in [0.2, 0.25) is 5.91 Å². The average Bonchev–Trinajstić information content (AvgIpc) is 2.64. The molecule has 0 spiro atoms. The summed E-state index contributed by atoms with van der Waals surface area (Å²) in [6, 6.07) is 10.0. The number of hydrogen-bond acceptors (Lipinski definition) is 4. The topological polar surface area (TPSA) is 79.5 Å². The van der Waals surface area contributed by atoms with Gasteiger partial charge in [0.15, 0.2) is 5.11 Å². The summed E-state index contributed by atoms with van der Waals surface area (Å²) in [7, 11) is 1.48. The van der Waals surface area contributed by atoms with E-state index in [2.05, 4.69) is 31.9 Å². The molecule has 0 saturated heterocycles. The number of halogens is 2. The van der Waals surface area contributed by atoms with Gasteiger partial charge >= 0.3 is 0 Å². The van der Waals surface area contributed by atoms with Crippen LogP contribution in [0.1, 0.15) is 30.1 Å². The fraction of sp³-hybridized carbons (Fsp3) is 0.211. The minimum Gasteiger partial charge on any atom is -0.496 e. The van der Waals surface area contributed by atoms with Crippen LogP contribution in [0.5, 0.6) is 5.75 Å². The molecular formula is C19H19BrClN3O3S. The van der Waals surface area contributed by atoms with Crippen LogP contribution in [-0.2, 0) is 4.79 Å². The maximum absolute atomic E-state index is 12.5. The molecule has 0 aliphatic heterocycles. The second kappa shape index (κ2) is 10.4. The van der Waals surface area contributed by atoms with Crippen molar-refractivity contribution in [3.05, 3.63) is 51.5 Å². The largest absolute Gasteiger partial charge is 0.496 e. The van der Waals surface area contributed by atoms with Crippen molar-refractivity contribution in [2.24, 2.45) is 0 Å². The summed E-state index contributed by atoms with van der Waals surface area (Å²) < 4.78 is 5.94. The first-order chi connectivity index (χ1) is 13.3. The van der Waals surface area contributed by atoms with Crippen molar-refractivity contribution in [1.82, 2.24) is 5.32 Å². The highest BCUT2D eigenvalue weighted by Gasteiger charge is 2.15. The summed E-state index contributed by atoms with van der Waals surface area (Å²) in [5, 5.41) is 8.70. The molecule has 2 amide bonds. The third-order valence-electron chi connectivity index (χ3n) is 3.61. The molecule has 2 aromatic rings. The van der Waals surface area contributed by atoms with E-state index in [1.54, 1.807) is 36.4 Å². The van der Waals surface area contributed by atoms with Gasteiger partial charge in [-0.2, -0.15) is 0 Å². The molecule has 3 N–H and O–H groups in total. The Kier molecular flexibility index (Phi) is 8.22. The molecule has 148 valence electrons. The molecule has 0 aromatic heterocycles. The van der Waals surface area contributed by atoms with Crippen molar-refractivity contribution < 1.29 is 14.3 Å². The van der Waals surface area contributed by atoms with Gasteiger partial charge in [-0.3, -0.25) is 14.9 Å². The van der Waals surface area contributed by atoms with Gasteiger partial charge in [-0.15, -0.1) is 0 Å². The van der Waals surface area contributed by atoms with E-state index in [1.165, 1.54) is 7.11 Å². The number of carbonyl (C=O) groups excluding carboxylic acids is 2. The minimum absolute atomic E-state index is 0.0611. The van der Waals surface area contributed by atoms with E-state index in [9.17, 15) is 9.59 Å². The van der Waals surface area contributed by atoms with Crippen LogP contribution in [0.15, 0.2) is 40.9 Å². The molecule has 28 heavy (non-hydrogen) atoms. The molecule has 2 aromatic carbocycles. The number of benzene rings is 2. The maximum atomic E-state index is 12.5. The zero-order valence-corrected chi connectivity index (χ0v) is 18.4. The van der Waals surface area contributed by atoms with E-state index in [0.717, 1.165) is 10.9 Å². The Hall–Kier alpha value is -2.16. The van der Waals surface area contributed by atoms with Crippen LogP contribution in [0.25, 0.3) is 0 Å². The molecule has 0 heterocycles. The molecular weight excluding hydrogens is 466 g/mol. The number of carbonyl (C=O) groups is 2. The normalized spacial score (nSPS) is 10.1. The second-order valence-electron chi connectivity index (χ2n) is 5.75. The first kappa shape index (κ1) is 22.1. The van der Waals surface area contributed by atoms with Crippen LogP contribution in [0, 0.1) is 0 Å². The smallest absolute Gasteiger partial charge is 0.261 e. The van der Waals surface area contributed by atoms with Crippen molar-refractivity contribution in [1.29, 1.82) is 0 Å². The maximum Gasteiger partial charge on any atom is 0.261 e. The van der Waals surface area contributed by atoms with Gasteiger partial charge in [0.05, 0.1) is 23.4 Å². The third kappa shape index (κ3) is 6.19. The second-order valence-corrected chi connectivity index (χ2v) is 7.48. The number of anilines is 2. The monoisotopic (exact) mass is 483 g/mol. The standard InChI is InChI=1S/C19H19BrClN3O3S/c1-3-4-17(25)22-12-6-7-14(21)15(10-12)23-19(28)24-18(26)13-9-11(20)5-8-16(13)27-2/h5-10H,3-4H2,1-2H3,(H,22,25)(H2,23,24,26,28). The lowest BCUT2D eigenvalue weighted by atomic mass is 10.2. The van der Waals surface area contributed by atoms with Crippen molar-refractivity contribution in [2.45, 2.75) is 19.8 Å². The molecule has 9 heteroatoms. The SMILES string of the molecule is CCCC(=O)Nc1ccc(Cl)c(NC(=S)NC(=O)c2cc(Br)ccc2OC)c1. The molecule has 6 nitrogen and oxygen atoms in total. The molecule has 0 bridgehead atoms. The molecule has 0 saturated carbocycles. The number of rotatable bonds is 6. The number of nitrogens with one attached hydrogen (secondary N) is 3. The van der Waals surface area contributed by atoms with Gasteiger partial charge in [0.25, 0.3) is 5.91 Å². The Morgan fingerprint density at radius 3 is 2.61 bits per heavy atom. The van der Waals surface area contributed by atoms with Gasteiger partial charge in [0.1, 0.15) is 5.75 Å². The van der Waals surface area contributed by atoms with Gasteiger partial charge in [-0.05, 0) is 55.0 Å². The first-order valence-corrected chi connectivity index (χ1v) is 9.97. The summed E-state index contributed by atoms with van der Waals surface area (Å²) in [6.07, 6.45) is 1.17. The molecule has 0 radical (unpaired) electrons. The van der Waals surface area contributed by atoms with Gasteiger partial charge in [-0.25, -0.2) is 0 Å². The van der Waals surface area contributed by atoms with Gasteiger partial charge in [-0.1, -0.05) is 34.5 Å². The third-order valence-corrected chi connectivity index (χ3v) is 4.64. The van der Waals surface area contributed by atoms with Gasteiger partial charge < -0.3 is 15.4 Å². The predicted molar refractivity (Wildman–Crippen MR) is 119 cm³/mol. The Bertz CT molecular complexity index is 908. The van der Waals surface area contributed by atoms with Crippen molar-refractivity contribution in [3.8, 4) is 5.75 Å². The average molecular weight is 485 g/mol. The van der Waals surface area contributed by atoms with Gasteiger partial charge in [0, 0.05) is 16.6 Å². The Morgan fingerprint density at radius 1 is 1.18 bits per heavy atom. The quantitative estimate of drug-likeness (QED) is 0.504. The highest BCUT2D eigenvalue weighted by Crippen LogP contribution is 2.26. The molecule has 2 rings (SSSR count). The predicted octanol–water partition coefficient (Wildman–Crippen LogP) is 4.98. The van der Waals surface area contributed by atoms with E-state index in [0.29, 0.717) is 34.1 Å². The van der Waals surface area contributed by atoms with Crippen molar-refractivity contribution in [2.75, 3.05) is 17.7 Å². The summed E-state index contributed by atoms with van der Waals surface area (Å²) >= 11 is 14.7. The number of amides is 2. The molecule has 0 aliphatic rings. The van der Waals surface area contributed by atoms with E-state index >= 15 is 0 Å². The number of methoxy groups -OCH3 is 1. The number of hydrogen-bond donors (Lipinski definition) is 3. The molecule has 0 unspecified atom stereocenters. The van der Waals surface area contributed by atoms with Crippen LogP contribution >= 0.6 is 39.7 Å². The van der Waals surface area contributed by atoms with E-state index in [1.807, 2.05) is 6.92 Å². The minimum atomic E-state index is -0.431. The van der Waals surface area contributed by atoms with Crippen LogP contribution in [0.4, 0.5) is 11.4 Å². The fourth-order valence-corrected chi connectivity index (χ4v) is 3.06. The lowest BCUT2D eigenvalue weighted by Crippen LogP contribution is -2.34. The zero-order valence-electron chi connectivity index (χ0n) is 15.3. The molecule has 0 fully saturated rings. The number of ether oxygens (including phenoxy) is 1. The van der Waals surface area contributed by atoms with Crippen LogP contribution in [0.2, 0.25) is 5.02 Å². The summed E-state index contributed by atoms with van der Waals surface area (Å²) in [6.45, 7) is 1.93. The molecule has 0 aliphatic carbocycles. The summed E-state index contributed by atoms with van der Waals surface area (Å²) in [4.78, 5) is 24.3. The number of thiocarbonyl (C=S) groups is 1. The highest BCUT2D eigenvalue weighted by molar-refractivity contribution is 9.10. The first-order valence-electron chi connectivity index (χ1n) is 8.39. The van der Waals surface area contributed by atoms with Crippen LogP contribution in [-0.4, -0.2) is 24.0 Å². The lowest BCUT2D eigenvalue weighted by Gasteiger charge is -2.14. The lowest BCUT2D eigenvalue weighted by molar-refractivity contribution is -0.116. The van der Waals surface area contributed by atoms with Crippen molar-refractivity contribution in [3.63, 3.8) is 0 Å². The highest BCUT2D eigenvalue weighted by atomic mass is 79.9. The Balaban J connectivity index is 2.09. The van der Waals surface area contributed by atoms with E-state index in [4.69, 9.17) is 28.6 Å². The summed E-state index contributed by atoms with van der Waals surface area (Å²) in [5.74, 6) is -0.102. The van der Waals surface area contributed by atoms with E-state index in [-0.39, 0.29) is 11.0 Å². The molecule has 0 atom stereocenters. The fourth-order valence-electron chi connectivity index (χ4n) is 2.33.